The third-order valence-corrected chi connectivity index (χ3v) is 2.87. The van der Waals surface area contributed by atoms with Crippen molar-refractivity contribution in [3.63, 3.8) is 0 Å². The second kappa shape index (κ2) is 6.51. The summed E-state index contributed by atoms with van der Waals surface area (Å²) in [7, 11) is 1.41. The molecular weight excluding hydrogens is 276 g/mol. The molecule has 1 aromatic carbocycles. The topological polar surface area (TPSA) is 110 Å². The van der Waals surface area contributed by atoms with Crippen molar-refractivity contribution >= 4 is 11.6 Å². The summed E-state index contributed by atoms with van der Waals surface area (Å²) in [6, 6.07) is 3.90. The van der Waals surface area contributed by atoms with Crippen molar-refractivity contribution in [3.05, 3.63) is 52.1 Å². The van der Waals surface area contributed by atoms with E-state index in [9.17, 15) is 14.9 Å². The van der Waals surface area contributed by atoms with E-state index in [4.69, 9.17) is 4.74 Å². The first-order valence-electron chi connectivity index (χ1n) is 6.19. The molecule has 0 unspecified atom stereocenters. The number of hydrogen-bond donors (Lipinski definition) is 2. The lowest BCUT2D eigenvalue weighted by Gasteiger charge is -2.08. The molecule has 2 N–H and O–H groups in total. The fourth-order valence-electron chi connectivity index (χ4n) is 1.81. The van der Waals surface area contributed by atoms with Crippen molar-refractivity contribution in [2.75, 3.05) is 13.7 Å². The van der Waals surface area contributed by atoms with Crippen LogP contribution in [0.1, 0.15) is 16.1 Å². The Morgan fingerprint density at radius 3 is 2.95 bits per heavy atom. The second-order valence-electron chi connectivity index (χ2n) is 4.22. The van der Waals surface area contributed by atoms with Crippen molar-refractivity contribution in [1.82, 2.24) is 15.3 Å². The van der Waals surface area contributed by atoms with Crippen molar-refractivity contribution in [3.8, 4) is 5.75 Å². The third kappa shape index (κ3) is 3.56. The molecule has 0 fully saturated rings. The van der Waals surface area contributed by atoms with Crippen LogP contribution in [0.15, 0.2) is 30.7 Å². The summed E-state index contributed by atoms with van der Waals surface area (Å²) in [6.07, 6.45) is 3.81. The lowest BCUT2D eigenvalue weighted by atomic mass is 10.1. The van der Waals surface area contributed by atoms with Crippen LogP contribution >= 0.6 is 0 Å². The number of rotatable bonds is 6. The van der Waals surface area contributed by atoms with Crippen LogP contribution in [0.3, 0.4) is 0 Å². The molecule has 0 aliphatic carbocycles. The molecule has 21 heavy (non-hydrogen) atoms. The number of benzene rings is 1. The van der Waals surface area contributed by atoms with Gasteiger partial charge in [0.05, 0.1) is 23.9 Å². The van der Waals surface area contributed by atoms with E-state index in [0.29, 0.717) is 18.7 Å². The number of hydrogen-bond acceptors (Lipinski definition) is 5. The van der Waals surface area contributed by atoms with Gasteiger partial charge in [-0.15, -0.1) is 0 Å². The van der Waals surface area contributed by atoms with E-state index in [0.717, 1.165) is 5.69 Å². The molecule has 0 aliphatic heterocycles. The molecule has 0 atom stereocenters. The largest absolute Gasteiger partial charge is 0.496 e. The number of methoxy groups -OCH3 is 1. The van der Waals surface area contributed by atoms with Crippen LogP contribution in [0.5, 0.6) is 5.75 Å². The maximum absolute atomic E-state index is 12.1. The molecule has 8 nitrogen and oxygen atoms in total. The maximum Gasteiger partial charge on any atom is 0.270 e. The predicted octanol–water partition coefficient (Wildman–Crippen LogP) is 1.30. The molecule has 0 saturated carbocycles. The number of ether oxygens (including phenoxy) is 1. The van der Waals surface area contributed by atoms with Gasteiger partial charge in [0.15, 0.2) is 0 Å². The first kappa shape index (κ1) is 14.5. The molecule has 0 spiro atoms. The summed E-state index contributed by atoms with van der Waals surface area (Å²) in [5, 5.41) is 13.5. The molecular formula is C13H14N4O4. The number of nitro groups is 1. The summed E-state index contributed by atoms with van der Waals surface area (Å²) in [6.45, 7) is 0.382. The monoisotopic (exact) mass is 290 g/mol. The maximum atomic E-state index is 12.1. The Balaban J connectivity index is 2.06. The highest BCUT2D eigenvalue weighted by Gasteiger charge is 2.17. The molecule has 110 valence electrons. The van der Waals surface area contributed by atoms with Crippen LogP contribution in [0, 0.1) is 10.1 Å². The van der Waals surface area contributed by atoms with Gasteiger partial charge in [-0.2, -0.15) is 0 Å². The Morgan fingerprint density at radius 2 is 2.33 bits per heavy atom. The Bertz CT molecular complexity index is 640. The van der Waals surface area contributed by atoms with Crippen molar-refractivity contribution in [1.29, 1.82) is 0 Å². The van der Waals surface area contributed by atoms with E-state index in [1.54, 1.807) is 12.5 Å². The van der Waals surface area contributed by atoms with Crippen molar-refractivity contribution in [2.24, 2.45) is 0 Å². The highest BCUT2D eigenvalue weighted by molar-refractivity contribution is 5.97. The van der Waals surface area contributed by atoms with Crippen molar-refractivity contribution in [2.45, 2.75) is 6.42 Å². The fraction of sp³-hybridized carbons (Fsp3) is 0.231. The zero-order valence-electron chi connectivity index (χ0n) is 11.3. The molecule has 0 radical (unpaired) electrons. The van der Waals surface area contributed by atoms with Gasteiger partial charge in [-0.25, -0.2) is 4.98 Å². The average Bonchev–Trinajstić information content (AvgIpc) is 2.99. The van der Waals surface area contributed by atoms with Gasteiger partial charge in [-0.05, 0) is 6.07 Å². The first-order valence-corrected chi connectivity index (χ1v) is 6.19. The predicted molar refractivity (Wildman–Crippen MR) is 74.3 cm³/mol. The van der Waals surface area contributed by atoms with Gasteiger partial charge in [0.1, 0.15) is 5.75 Å². The van der Waals surface area contributed by atoms with Crippen LogP contribution in [-0.4, -0.2) is 34.5 Å². The van der Waals surface area contributed by atoms with E-state index < -0.39 is 10.8 Å². The lowest BCUT2D eigenvalue weighted by Crippen LogP contribution is -2.26. The Morgan fingerprint density at radius 1 is 1.52 bits per heavy atom. The van der Waals surface area contributed by atoms with Crippen LogP contribution in [-0.2, 0) is 6.42 Å². The minimum absolute atomic E-state index is 0.135. The van der Waals surface area contributed by atoms with Crippen LogP contribution < -0.4 is 10.1 Å². The quantitative estimate of drug-likeness (QED) is 0.615. The minimum atomic E-state index is -0.555. The summed E-state index contributed by atoms with van der Waals surface area (Å²) in [4.78, 5) is 29.1. The summed E-state index contributed by atoms with van der Waals surface area (Å²) < 4.78 is 5.05. The number of aromatic nitrogens is 2. The number of carbonyl (C=O) groups is 1. The smallest absolute Gasteiger partial charge is 0.270 e. The lowest BCUT2D eigenvalue weighted by molar-refractivity contribution is -0.384. The number of nitrogens with one attached hydrogen (secondary N) is 2. The van der Waals surface area contributed by atoms with Gasteiger partial charge in [-0.1, -0.05) is 0 Å². The van der Waals surface area contributed by atoms with E-state index in [-0.39, 0.29) is 11.3 Å². The highest BCUT2D eigenvalue weighted by atomic mass is 16.6. The highest BCUT2D eigenvalue weighted by Crippen LogP contribution is 2.23. The van der Waals surface area contributed by atoms with Crippen LogP contribution in [0.25, 0.3) is 0 Å². The average molecular weight is 290 g/mol. The van der Waals surface area contributed by atoms with Gasteiger partial charge < -0.3 is 15.0 Å². The number of nitro benzene ring substituents is 1. The zero-order valence-corrected chi connectivity index (χ0v) is 11.3. The molecule has 1 amide bonds. The van der Waals surface area contributed by atoms with Crippen LogP contribution in [0.4, 0.5) is 5.69 Å². The number of imidazole rings is 1. The van der Waals surface area contributed by atoms with Crippen LogP contribution in [0.2, 0.25) is 0 Å². The van der Waals surface area contributed by atoms with Gasteiger partial charge in [0, 0.05) is 37.0 Å². The standard InChI is InChI=1S/C13H14N4O4/c1-21-12-3-2-10(17(19)20)6-11(12)13(18)15-5-4-9-7-14-8-16-9/h2-3,6-8H,4-5H2,1H3,(H,14,16)(H,15,18). The Kier molecular flexibility index (Phi) is 4.50. The summed E-state index contributed by atoms with van der Waals surface area (Å²) in [5.74, 6) is -0.130. The number of aromatic amines is 1. The number of non-ortho nitro benzene ring substituents is 1. The molecule has 1 aromatic heterocycles. The van der Waals surface area contributed by atoms with Gasteiger partial charge >= 0.3 is 0 Å². The number of H-pyrrole nitrogens is 1. The molecule has 8 heteroatoms. The van der Waals surface area contributed by atoms with E-state index in [1.165, 1.54) is 25.3 Å². The van der Waals surface area contributed by atoms with E-state index >= 15 is 0 Å². The molecule has 0 saturated heterocycles. The number of carbonyl (C=O) groups excluding carboxylic acids is 1. The van der Waals surface area contributed by atoms with Gasteiger partial charge in [0.2, 0.25) is 0 Å². The number of amides is 1. The van der Waals surface area contributed by atoms with Gasteiger partial charge in [0.25, 0.3) is 11.6 Å². The molecule has 0 bridgehead atoms. The minimum Gasteiger partial charge on any atom is -0.496 e. The number of nitrogens with zero attached hydrogens (tertiary/aromatic N) is 2. The molecule has 2 aromatic rings. The normalized spacial score (nSPS) is 10.1. The fourth-order valence-corrected chi connectivity index (χ4v) is 1.81. The van der Waals surface area contributed by atoms with Crippen molar-refractivity contribution < 1.29 is 14.5 Å². The van der Waals surface area contributed by atoms with E-state index in [2.05, 4.69) is 15.3 Å². The zero-order chi connectivity index (χ0) is 15.2. The Labute approximate surface area is 120 Å². The Hall–Kier alpha value is -2.90. The summed E-state index contributed by atoms with van der Waals surface area (Å²) >= 11 is 0. The van der Waals surface area contributed by atoms with E-state index in [1.807, 2.05) is 0 Å². The third-order valence-electron chi connectivity index (χ3n) is 2.87. The molecule has 2 rings (SSSR count). The summed E-state index contributed by atoms with van der Waals surface area (Å²) in [5.41, 5.74) is 0.868. The molecule has 0 aliphatic rings. The second-order valence-corrected chi connectivity index (χ2v) is 4.22. The SMILES string of the molecule is COc1ccc([N+](=O)[O-])cc1C(=O)NCCc1cnc[nH]1. The molecule has 1 heterocycles. The van der Waals surface area contributed by atoms with Gasteiger partial charge in [-0.3, -0.25) is 14.9 Å². The first-order chi connectivity index (χ1) is 10.1.